The zero-order valence-corrected chi connectivity index (χ0v) is 9.95. The van der Waals surface area contributed by atoms with E-state index in [-0.39, 0.29) is 0 Å². The number of rotatable bonds is 2. The highest BCUT2D eigenvalue weighted by Crippen LogP contribution is 2.28. The molecule has 0 aromatic heterocycles. The third-order valence-electron chi connectivity index (χ3n) is 2.40. The van der Waals surface area contributed by atoms with Crippen LogP contribution >= 0.6 is 11.6 Å². The van der Waals surface area contributed by atoms with Crippen LogP contribution in [0, 0.1) is 17.4 Å². The maximum atomic E-state index is 9.08. The van der Waals surface area contributed by atoms with Gasteiger partial charge in [-0.2, -0.15) is 5.26 Å². The maximum Gasteiger partial charge on any atom is 0.119 e. The molecule has 0 unspecified atom stereocenters. The molecular formula is C14H9ClNO. The Bertz CT molecular complexity index is 587. The minimum absolute atomic E-state index is 0.530. The van der Waals surface area contributed by atoms with Crippen molar-refractivity contribution in [2.24, 2.45) is 0 Å². The monoisotopic (exact) mass is 242 g/mol. The first kappa shape index (κ1) is 11.5. The van der Waals surface area contributed by atoms with E-state index >= 15 is 0 Å². The molecule has 0 N–H and O–H groups in total. The molecule has 0 spiro atoms. The highest BCUT2D eigenvalue weighted by molar-refractivity contribution is 6.30. The van der Waals surface area contributed by atoms with Gasteiger partial charge in [0.25, 0.3) is 0 Å². The van der Waals surface area contributed by atoms with Crippen LogP contribution < -0.4 is 4.74 Å². The molecule has 17 heavy (non-hydrogen) atoms. The molecule has 0 fully saturated rings. The number of nitriles is 1. The molecule has 0 aliphatic carbocycles. The molecule has 0 amide bonds. The Morgan fingerprint density at radius 2 is 2.12 bits per heavy atom. The SMILES string of the molecule is COc1cc[c]c(-c2ccc(Cl)cc2C#N)c1. The van der Waals surface area contributed by atoms with Crippen molar-refractivity contribution in [3.63, 3.8) is 0 Å². The molecule has 2 aromatic rings. The van der Waals surface area contributed by atoms with Crippen LogP contribution in [0.1, 0.15) is 5.56 Å². The van der Waals surface area contributed by atoms with Crippen molar-refractivity contribution < 1.29 is 4.74 Å². The van der Waals surface area contributed by atoms with Gasteiger partial charge in [-0.3, -0.25) is 0 Å². The van der Waals surface area contributed by atoms with Crippen LogP contribution in [-0.4, -0.2) is 7.11 Å². The number of halogens is 1. The van der Waals surface area contributed by atoms with Gasteiger partial charge < -0.3 is 4.74 Å². The van der Waals surface area contributed by atoms with Crippen LogP contribution in [-0.2, 0) is 0 Å². The Balaban J connectivity index is 2.56. The van der Waals surface area contributed by atoms with E-state index in [0.717, 1.165) is 16.9 Å². The van der Waals surface area contributed by atoms with Crippen LogP contribution in [0.3, 0.4) is 0 Å². The molecule has 2 aromatic carbocycles. The van der Waals surface area contributed by atoms with Gasteiger partial charge in [0, 0.05) is 10.6 Å². The summed E-state index contributed by atoms with van der Waals surface area (Å²) < 4.78 is 5.14. The van der Waals surface area contributed by atoms with E-state index in [2.05, 4.69) is 12.1 Å². The van der Waals surface area contributed by atoms with Crippen LogP contribution in [0.15, 0.2) is 36.4 Å². The molecule has 3 heteroatoms. The first-order chi connectivity index (χ1) is 8.24. The lowest BCUT2D eigenvalue weighted by molar-refractivity contribution is 0.415. The van der Waals surface area contributed by atoms with Crippen molar-refractivity contribution in [1.82, 2.24) is 0 Å². The fraction of sp³-hybridized carbons (Fsp3) is 0.0714. The van der Waals surface area contributed by atoms with Crippen LogP contribution in [0.2, 0.25) is 5.02 Å². The van der Waals surface area contributed by atoms with E-state index < -0.39 is 0 Å². The van der Waals surface area contributed by atoms with Gasteiger partial charge in [0.05, 0.1) is 18.7 Å². The number of methoxy groups -OCH3 is 1. The summed E-state index contributed by atoms with van der Waals surface area (Å²) in [5.41, 5.74) is 2.15. The third kappa shape index (κ3) is 2.41. The highest BCUT2D eigenvalue weighted by Gasteiger charge is 2.06. The van der Waals surface area contributed by atoms with E-state index in [4.69, 9.17) is 21.6 Å². The van der Waals surface area contributed by atoms with Gasteiger partial charge in [0.1, 0.15) is 5.75 Å². The van der Waals surface area contributed by atoms with E-state index in [1.54, 1.807) is 25.3 Å². The lowest BCUT2D eigenvalue weighted by Gasteiger charge is -2.06. The van der Waals surface area contributed by atoms with Gasteiger partial charge in [-0.05, 0) is 35.9 Å². The minimum Gasteiger partial charge on any atom is -0.497 e. The molecule has 0 aliphatic heterocycles. The largest absolute Gasteiger partial charge is 0.497 e. The fourth-order valence-corrected chi connectivity index (χ4v) is 1.74. The van der Waals surface area contributed by atoms with Gasteiger partial charge >= 0.3 is 0 Å². The Morgan fingerprint density at radius 3 is 2.82 bits per heavy atom. The first-order valence-electron chi connectivity index (χ1n) is 5.00. The molecule has 0 bridgehead atoms. The Morgan fingerprint density at radius 1 is 1.29 bits per heavy atom. The number of hydrogen-bond acceptors (Lipinski definition) is 2. The fourth-order valence-electron chi connectivity index (χ4n) is 1.57. The van der Waals surface area contributed by atoms with Crippen LogP contribution in [0.25, 0.3) is 11.1 Å². The summed E-state index contributed by atoms with van der Waals surface area (Å²) in [4.78, 5) is 0. The quantitative estimate of drug-likeness (QED) is 0.805. The predicted octanol–water partition coefficient (Wildman–Crippen LogP) is 3.69. The molecule has 83 valence electrons. The molecule has 2 rings (SSSR count). The summed E-state index contributed by atoms with van der Waals surface area (Å²) in [5, 5.41) is 9.63. The van der Waals surface area contributed by atoms with Gasteiger partial charge in [-0.15, -0.1) is 0 Å². The Hall–Kier alpha value is -1.98. The van der Waals surface area contributed by atoms with Crippen molar-refractivity contribution in [1.29, 1.82) is 5.26 Å². The van der Waals surface area contributed by atoms with Crippen LogP contribution in [0.5, 0.6) is 5.75 Å². The van der Waals surface area contributed by atoms with Gasteiger partial charge in [0.15, 0.2) is 0 Å². The summed E-state index contributed by atoms with van der Waals surface area (Å²) in [6.07, 6.45) is 0. The molecule has 0 aliphatic rings. The number of ether oxygens (including phenoxy) is 1. The topological polar surface area (TPSA) is 33.0 Å². The number of nitrogens with zero attached hydrogens (tertiary/aromatic N) is 1. The zero-order chi connectivity index (χ0) is 12.3. The minimum atomic E-state index is 0.530. The number of hydrogen-bond donors (Lipinski definition) is 0. The third-order valence-corrected chi connectivity index (χ3v) is 2.64. The van der Waals surface area contributed by atoms with Crippen molar-refractivity contribution in [2.75, 3.05) is 7.11 Å². The summed E-state index contributed by atoms with van der Waals surface area (Å²) in [6, 6.07) is 15.8. The second kappa shape index (κ2) is 4.90. The van der Waals surface area contributed by atoms with Gasteiger partial charge in [-0.1, -0.05) is 23.7 Å². The highest BCUT2D eigenvalue weighted by atomic mass is 35.5. The zero-order valence-electron chi connectivity index (χ0n) is 9.20. The van der Waals surface area contributed by atoms with Gasteiger partial charge in [-0.25, -0.2) is 0 Å². The molecule has 0 saturated carbocycles. The number of benzene rings is 2. The molecule has 0 heterocycles. The predicted molar refractivity (Wildman–Crippen MR) is 67.0 cm³/mol. The van der Waals surface area contributed by atoms with E-state index in [1.807, 2.05) is 18.2 Å². The Kier molecular flexibility index (Phi) is 3.32. The average molecular weight is 243 g/mol. The normalized spacial score (nSPS) is 9.71. The molecule has 0 atom stereocenters. The Labute approximate surface area is 105 Å². The van der Waals surface area contributed by atoms with E-state index in [0.29, 0.717) is 10.6 Å². The van der Waals surface area contributed by atoms with E-state index in [1.165, 1.54) is 0 Å². The second-order valence-electron chi connectivity index (χ2n) is 3.44. The maximum absolute atomic E-state index is 9.08. The lowest BCUT2D eigenvalue weighted by atomic mass is 10.0. The van der Waals surface area contributed by atoms with Crippen molar-refractivity contribution in [3.05, 3.63) is 53.1 Å². The lowest BCUT2D eigenvalue weighted by Crippen LogP contribution is -1.87. The van der Waals surface area contributed by atoms with Crippen molar-refractivity contribution >= 4 is 11.6 Å². The summed E-state index contributed by atoms with van der Waals surface area (Å²) in [5.74, 6) is 0.734. The van der Waals surface area contributed by atoms with Crippen molar-refractivity contribution in [3.8, 4) is 22.9 Å². The van der Waals surface area contributed by atoms with Crippen molar-refractivity contribution in [2.45, 2.75) is 0 Å². The molecule has 0 saturated heterocycles. The smallest absolute Gasteiger partial charge is 0.119 e. The second-order valence-corrected chi connectivity index (χ2v) is 3.88. The molecule has 1 radical (unpaired) electrons. The van der Waals surface area contributed by atoms with Crippen LogP contribution in [0.4, 0.5) is 0 Å². The average Bonchev–Trinajstić information content (AvgIpc) is 2.38. The summed E-state index contributed by atoms with van der Waals surface area (Å²) in [6.45, 7) is 0. The summed E-state index contributed by atoms with van der Waals surface area (Å²) in [7, 11) is 1.60. The van der Waals surface area contributed by atoms with E-state index in [9.17, 15) is 0 Å². The van der Waals surface area contributed by atoms with Gasteiger partial charge in [0.2, 0.25) is 0 Å². The molecular weight excluding hydrogens is 234 g/mol. The molecule has 2 nitrogen and oxygen atoms in total. The summed E-state index contributed by atoms with van der Waals surface area (Å²) >= 11 is 5.86. The first-order valence-corrected chi connectivity index (χ1v) is 5.38. The standard InChI is InChI=1S/C14H9ClNO/c1-17-13-4-2-3-10(8-13)14-6-5-12(15)7-11(14)9-16/h2,4-8H,1H3.